The van der Waals surface area contributed by atoms with E-state index in [4.69, 9.17) is 4.74 Å². The Labute approximate surface area is 136 Å². The van der Waals surface area contributed by atoms with E-state index in [-0.39, 0.29) is 23.8 Å². The average Bonchev–Trinajstić information content (AvgIpc) is 2.47. The maximum Gasteiger partial charge on any atom is 0.231 e. The first-order valence-corrected chi connectivity index (χ1v) is 8.18. The highest BCUT2D eigenvalue weighted by atomic mass is 16.5. The van der Waals surface area contributed by atoms with E-state index in [1.807, 2.05) is 25.1 Å². The predicted octanol–water partition coefficient (Wildman–Crippen LogP) is 2.65. The summed E-state index contributed by atoms with van der Waals surface area (Å²) in [7, 11) is 0. The average molecular weight is 316 g/mol. The molecule has 1 atom stereocenters. The Kier molecular flexibility index (Phi) is 3.82. The molecular weight excluding hydrogens is 292 g/mol. The van der Waals surface area contributed by atoms with Crippen LogP contribution in [0, 0.1) is 5.41 Å². The first-order valence-electron chi connectivity index (χ1n) is 8.18. The molecule has 0 aromatic heterocycles. The third kappa shape index (κ3) is 3.19. The predicted molar refractivity (Wildman–Crippen MR) is 88.5 cm³/mol. The van der Waals surface area contributed by atoms with Crippen molar-refractivity contribution in [2.75, 3.05) is 11.9 Å². The fourth-order valence-corrected chi connectivity index (χ4v) is 3.21. The number of benzene rings is 1. The largest absolute Gasteiger partial charge is 0.485 e. The van der Waals surface area contributed by atoms with E-state index < -0.39 is 5.41 Å². The molecule has 0 bridgehead atoms. The number of para-hydroxylation sites is 1. The number of fused-ring (bicyclic) bond motifs is 1. The number of nitrogens with one attached hydrogen (secondary N) is 2. The van der Waals surface area contributed by atoms with Gasteiger partial charge in [0.2, 0.25) is 11.8 Å². The van der Waals surface area contributed by atoms with E-state index in [9.17, 15) is 9.59 Å². The van der Waals surface area contributed by atoms with Crippen LogP contribution in [0.1, 0.15) is 45.6 Å². The lowest BCUT2D eigenvalue weighted by Crippen LogP contribution is -2.45. The maximum atomic E-state index is 12.7. The molecule has 2 amide bonds. The summed E-state index contributed by atoms with van der Waals surface area (Å²) in [4.78, 5) is 24.4. The lowest BCUT2D eigenvalue weighted by molar-refractivity contribution is -0.134. The quantitative estimate of drug-likeness (QED) is 0.881. The summed E-state index contributed by atoms with van der Waals surface area (Å²) in [6, 6.07) is 5.84. The highest BCUT2D eigenvalue weighted by molar-refractivity contribution is 5.99. The summed E-state index contributed by atoms with van der Waals surface area (Å²) in [5.41, 5.74) is 0.915. The van der Waals surface area contributed by atoms with E-state index in [0.717, 1.165) is 24.2 Å². The van der Waals surface area contributed by atoms with Gasteiger partial charge in [-0.3, -0.25) is 9.59 Å². The molecule has 3 rings (SSSR count). The number of hydrogen-bond donors (Lipinski definition) is 2. The van der Waals surface area contributed by atoms with Gasteiger partial charge in [0.25, 0.3) is 0 Å². The van der Waals surface area contributed by atoms with E-state index in [0.29, 0.717) is 18.7 Å². The zero-order valence-electron chi connectivity index (χ0n) is 14.0. The van der Waals surface area contributed by atoms with Crippen LogP contribution in [-0.2, 0) is 16.0 Å². The molecule has 5 nitrogen and oxygen atoms in total. The molecule has 2 aliphatic rings. The van der Waals surface area contributed by atoms with Gasteiger partial charge in [-0.05, 0) is 44.7 Å². The fraction of sp³-hybridized carbons (Fsp3) is 0.556. The molecule has 2 N–H and O–H groups in total. The third-order valence-corrected chi connectivity index (χ3v) is 4.82. The molecular formula is C18H24N2O3. The highest BCUT2D eigenvalue weighted by Gasteiger charge is 2.39. The van der Waals surface area contributed by atoms with Crippen LogP contribution in [0.25, 0.3) is 0 Å². The molecule has 1 fully saturated rings. The minimum Gasteiger partial charge on any atom is -0.485 e. The number of amides is 2. The first kappa shape index (κ1) is 15.8. The number of carbonyl (C=O) groups is 2. The van der Waals surface area contributed by atoms with Gasteiger partial charge in [-0.25, -0.2) is 0 Å². The Bertz CT molecular complexity index is 654. The van der Waals surface area contributed by atoms with Crippen LogP contribution < -0.4 is 15.4 Å². The Morgan fingerprint density at radius 3 is 2.78 bits per heavy atom. The topological polar surface area (TPSA) is 67.4 Å². The van der Waals surface area contributed by atoms with Gasteiger partial charge in [0.1, 0.15) is 11.4 Å². The molecule has 23 heavy (non-hydrogen) atoms. The van der Waals surface area contributed by atoms with Crippen LogP contribution in [0.15, 0.2) is 18.2 Å². The molecule has 1 aromatic rings. The number of carbonyl (C=O) groups excluding carboxylic acids is 2. The molecule has 2 aliphatic heterocycles. The summed E-state index contributed by atoms with van der Waals surface area (Å²) in [5, 5.41) is 5.77. The van der Waals surface area contributed by atoms with Crippen molar-refractivity contribution in [3.8, 4) is 5.75 Å². The number of piperidine rings is 1. The normalized spacial score (nSPS) is 25.8. The summed E-state index contributed by atoms with van der Waals surface area (Å²) >= 11 is 0. The smallest absolute Gasteiger partial charge is 0.231 e. The standard InChI is InChI=1S/C18H24N2O3/c1-17(2)8-7-12-5-4-6-13(15(12)23-17)20-16(22)18(3)9-10-19-14(21)11-18/h4-6H,7-11H2,1-3H3,(H,19,21)(H,20,22)/t18-/m0/s1. The van der Waals surface area contributed by atoms with Crippen LogP contribution in [0.2, 0.25) is 0 Å². The summed E-state index contributed by atoms with van der Waals surface area (Å²) in [5.74, 6) is 0.579. The minimum atomic E-state index is -0.671. The SMILES string of the molecule is CC1(C)CCc2cccc(NC(=O)[C@@]3(C)CCNC(=O)C3)c2O1. The molecule has 0 unspecified atom stereocenters. The van der Waals surface area contributed by atoms with Gasteiger partial charge in [0.05, 0.1) is 11.1 Å². The van der Waals surface area contributed by atoms with Crippen molar-refractivity contribution in [2.45, 2.75) is 52.1 Å². The van der Waals surface area contributed by atoms with Crippen LogP contribution in [-0.4, -0.2) is 24.0 Å². The van der Waals surface area contributed by atoms with Crippen LogP contribution in [0.3, 0.4) is 0 Å². The molecule has 0 spiro atoms. The monoisotopic (exact) mass is 316 g/mol. The second-order valence-electron chi connectivity index (χ2n) is 7.45. The third-order valence-electron chi connectivity index (χ3n) is 4.82. The molecule has 0 radical (unpaired) electrons. The molecule has 124 valence electrons. The Balaban J connectivity index is 1.83. The molecule has 0 saturated carbocycles. The molecule has 2 heterocycles. The summed E-state index contributed by atoms with van der Waals surface area (Å²) in [6.07, 6.45) is 2.76. The van der Waals surface area contributed by atoms with Gasteiger partial charge >= 0.3 is 0 Å². The number of anilines is 1. The van der Waals surface area contributed by atoms with Gasteiger partial charge in [0, 0.05) is 13.0 Å². The molecule has 1 aromatic carbocycles. The Morgan fingerprint density at radius 2 is 2.04 bits per heavy atom. The van der Waals surface area contributed by atoms with Crippen molar-refractivity contribution in [3.05, 3.63) is 23.8 Å². The lowest BCUT2D eigenvalue weighted by atomic mass is 9.79. The zero-order valence-corrected chi connectivity index (χ0v) is 14.0. The van der Waals surface area contributed by atoms with Crippen molar-refractivity contribution >= 4 is 17.5 Å². The van der Waals surface area contributed by atoms with Gasteiger partial charge in [-0.1, -0.05) is 19.1 Å². The van der Waals surface area contributed by atoms with Crippen molar-refractivity contribution in [1.29, 1.82) is 0 Å². The summed E-state index contributed by atoms with van der Waals surface area (Å²) in [6.45, 7) is 6.50. The van der Waals surface area contributed by atoms with Gasteiger partial charge in [-0.15, -0.1) is 0 Å². The van der Waals surface area contributed by atoms with Gasteiger partial charge in [-0.2, -0.15) is 0 Å². The van der Waals surface area contributed by atoms with Crippen LogP contribution in [0.5, 0.6) is 5.75 Å². The number of hydrogen-bond acceptors (Lipinski definition) is 3. The van der Waals surface area contributed by atoms with E-state index in [1.165, 1.54) is 0 Å². The van der Waals surface area contributed by atoms with E-state index in [2.05, 4.69) is 24.5 Å². The van der Waals surface area contributed by atoms with Crippen molar-refractivity contribution in [3.63, 3.8) is 0 Å². The fourth-order valence-electron chi connectivity index (χ4n) is 3.21. The molecule has 1 saturated heterocycles. The van der Waals surface area contributed by atoms with Crippen LogP contribution >= 0.6 is 0 Å². The Morgan fingerprint density at radius 1 is 1.26 bits per heavy atom. The van der Waals surface area contributed by atoms with Crippen molar-refractivity contribution < 1.29 is 14.3 Å². The second-order valence-corrected chi connectivity index (χ2v) is 7.45. The van der Waals surface area contributed by atoms with Gasteiger partial charge in [0.15, 0.2) is 0 Å². The lowest BCUT2D eigenvalue weighted by Gasteiger charge is -2.35. The van der Waals surface area contributed by atoms with E-state index in [1.54, 1.807) is 0 Å². The second kappa shape index (κ2) is 5.55. The first-order chi connectivity index (χ1) is 10.8. The maximum absolute atomic E-state index is 12.7. The van der Waals surface area contributed by atoms with Crippen molar-refractivity contribution in [1.82, 2.24) is 5.32 Å². The van der Waals surface area contributed by atoms with Crippen molar-refractivity contribution in [2.24, 2.45) is 5.41 Å². The highest BCUT2D eigenvalue weighted by Crippen LogP contribution is 2.40. The number of ether oxygens (including phenoxy) is 1. The number of aryl methyl sites for hydroxylation is 1. The molecule has 0 aliphatic carbocycles. The zero-order chi connectivity index (χ0) is 16.7. The van der Waals surface area contributed by atoms with E-state index >= 15 is 0 Å². The summed E-state index contributed by atoms with van der Waals surface area (Å²) < 4.78 is 6.10. The van der Waals surface area contributed by atoms with Gasteiger partial charge < -0.3 is 15.4 Å². The van der Waals surface area contributed by atoms with Crippen LogP contribution in [0.4, 0.5) is 5.69 Å². The Hall–Kier alpha value is -2.04. The minimum absolute atomic E-state index is 0.0682. The molecule has 5 heteroatoms. The number of rotatable bonds is 2.